The van der Waals surface area contributed by atoms with Crippen LogP contribution in [0, 0.1) is 6.92 Å². The topological polar surface area (TPSA) is 59.9 Å². The number of nitrogens with one attached hydrogen (secondary N) is 1. The first-order valence-electron chi connectivity index (χ1n) is 7.18. The van der Waals surface area contributed by atoms with Crippen molar-refractivity contribution < 1.29 is 4.74 Å². The Morgan fingerprint density at radius 2 is 2.00 bits per heavy atom. The van der Waals surface area contributed by atoms with E-state index in [1.54, 1.807) is 19.5 Å². The second-order valence-electron chi connectivity index (χ2n) is 5.20. The maximum absolute atomic E-state index is 5.25. The Bertz CT molecular complexity index is 626. The standard InChI is InChI=1S/C16H22N4O/c1-6-18-16-11(4)14(19-15(20-16)10(2)3)12-7-13(21-5)9-17-8-12/h7-10H,6H2,1-5H3,(H,18,19,20). The molecule has 0 spiro atoms. The van der Waals surface area contributed by atoms with E-state index < -0.39 is 0 Å². The Labute approximate surface area is 125 Å². The van der Waals surface area contributed by atoms with E-state index in [1.165, 1.54) is 0 Å². The molecule has 5 nitrogen and oxygen atoms in total. The number of nitrogens with zero attached hydrogens (tertiary/aromatic N) is 3. The number of methoxy groups -OCH3 is 1. The largest absolute Gasteiger partial charge is 0.495 e. The van der Waals surface area contributed by atoms with E-state index in [0.717, 1.165) is 40.8 Å². The SMILES string of the molecule is CCNc1nc(C(C)C)nc(-c2cncc(OC)c2)c1C. The van der Waals surface area contributed by atoms with Gasteiger partial charge < -0.3 is 10.1 Å². The molecule has 0 bridgehead atoms. The summed E-state index contributed by atoms with van der Waals surface area (Å²) >= 11 is 0. The number of anilines is 1. The zero-order valence-corrected chi connectivity index (χ0v) is 13.3. The summed E-state index contributed by atoms with van der Waals surface area (Å²) in [6.45, 7) is 9.09. The maximum atomic E-state index is 5.25. The molecule has 2 rings (SSSR count). The summed E-state index contributed by atoms with van der Waals surface area (Å²) in [6, 6.07) is 1.95. The molecule has 1 N–H and O–H groups in total. The van der Waals surface area contributed by atoms with E-state index >= 15 is 0 Å². The van der Waals surface area contributed by atoms with E-state index in [-0.39, 0.29) is 5.92 Å². The lowest BCUT2D eigenvalue weighted by Crippen LogP contribution is -2.09. The van der Waals surface area contributed by atoms with Gasteiger partial charge in [-0.1, -0.05) is 13.8 Å². The molecule has 0 aromatic carbocycles. The predicted molar refractivity (Wildman–Crippen MR) is 84.8 cm³/mol. The van der Waals surface area contributed by atoms with Crippen LogP contribution in [0.4, 0.5) is 5.82 Å². The van der Waals surface area contributed by atoms with Crippen molar-refractivity contribution in [3.05, 3.63) is 29.8 Å². The second kappa shape index (κ2) is 6.52. The molecular formula is C16H22N4O. The normalized spacial score (nSPS) is 10.8. The van der Waals surface area contributed by atoms with E-state index in [2.05, 4.69) is 36.1 Å². The minimum absolute atomic E-state index is 0.264. The molecular weight excluding hydrogens is 264 g/mol. The number of aromatic nitrogens is 3. The summed E-state index contributed by atoms with van der Waals surface area (Å²) in [5.41, 5.74) is 2.86. The van der Waals surface area contributed by atoms with Crippen LogP contribution in [-0.4, -0.2) is 28.6 Å². The summed E-state index contributed by atoms with van der Waals surface area (Å²) in [7, 11) is 1.64. The predicted octanol–water partition coefficient (Wildman–Crippen LogP) is 3.41. The van der Waals surface area contributed by atoms with Crippen molar-refractivity contribution in [1.82, 2.24) is 15.0 Å². The lowest BCUT2D eigenvalue weighted by atomic mass is 10.1. The van der Waals surface area contributed by atoms with Gasteiger partial charge in [-0.25, -0.2) is 9.97 Å². The molecule has 21 heavy (non-hydrogen) atoms. The van der Waals surface area contributed by atoms with Gasteiger partial charge >= 0.3 is 0 Å². The summed E-state index contributed by atoms with van der Waals surface area (Å²) in [4.78, 5) is 13.5. The second-order valence-corrected chi connectivity index (χ2v) is 5.20. The molecule has 2 heterocycles. The third-order valence-electron chi connectivity index (χ3n) is 3.25. The maximum Gasteiger partial charge on any atom is 0.137 e. The fourth-order valence-corrected chi connectivity index (χ4v) is 2.07. The highest BCUT2D eigenvalue weighted by Crippen LogP contribution is 2.29. The molecule has 0 fully saturated rings. The lowest BCUT2D eigenvalue weighted by Gasteiger charge is -2.15. The molecule has 112 valence electrons. The van der Waals surface area contributed by atoms with Gasteiger partial charge in [0.05, 0.1) is 19.0 Å². The van der Waals surface area contributed by atoms with Gasteiger partial charge in [-0.05, 0) is 19.9 Å². The molecule has 0 unspecified atom stereocenters. The van der Waals surface area contributed by atoms with Crippen LogP contribution in [0.15, 0.2) is 18.5 Å². The highest BCUT2D eigenvalue weighted by molar-refractivity contribution is 5.68. The molecule has 2 aromatic rings. The first-order valence-corrected chi connectivity index (χ1v) is 7.18. The van der Waals surface area contributed by atoms with Crippen LogP contribution in [0.3, 0.4) is 0 Å². The fourth-order valence-electron chi connectivity index (χ4n) is 2.07. The van der Waals surface area contributed by atoms with Crippen molar-refractivity contribution in [3.8, 4) is 17.0 Å². The molecule has 0 saturated carbocycles. The quantitative estimate of drug-likeness (QED) is 0.912. The van der Waals surface area contributed by atoms with Gasteiger partial charge in [-0.3, -0.25) is 4.98 Å². The minimum Gasteiger partial charge on any atom is -0.495 e. The minimum atomic E-state index is 0.264. The fraction of sp³-hybridized carbons (Fsp3) is 0.438. The molecule has 0 aliphatic carbocycles. The van der Waals surface area contributed by atoms with Gasteiger partial charge in [0, 0.05) is 29.8 Å². The Morgan fingerprint density at radius 1 is 1.24 bits per heavy atom. The Balaban J connectivity index is 2.59. The summed E-state index contributed by atoms with van der Waals surface area (Å²) in [6.07, 6.45) is 3.49. The third-order valence-corrected chi connectivity index (χ3v) is 3.25. The molecule has 0 amide bonds. The average molecular weight is 286 g/mol. The van der Waals surface area contributed by atoms with Crippen LogP contribution in [0.5, 0.6) is 5.75 Å². The van der Waals surface area contributed by atoms with Crippen LogP contribution < -0.4 is 10.1 Å². The number of hydrogen-bond donors (Lipinski definition) is 1. The van der Waals surface area contributed by atoms with Gasteiger partial charge in [0.2, 0.25) is 0 Å². The van der Waals surface area contributed by atoms with Gasteiger partial charge in [0.1, 0.15) is 17.4 Å². The van der Waals surface area contributed by atoms with E-state index in [1.807, 2.05) is 13.0 Å². The van der Waals surface area contributed by atoms with E-state index in [4.69, 9.17) is 9.72 Å². The van der Waals surface area contributed by atoms with Crippen LogP contribution in [0.2, 0.25) is 0 Å². The van der Waals surface area contributed by atoms with Gasteiger partial charge in [0.15, 0.2) is 0 Å². The monoisotopic (exact) mass is 286 g/mol. The van der Waals surface area contributed by atoms with Crippen LogP contribution in [0.1, 0.15) is 38.1 Å². The average Bonchev–Trinajstić information content (AvgIpc) is 2.49. The number of ether oxygens (including phenoxy) is 1. The molecule has 0 atom stereocenters. The smallest absolute Gasteiger partial charge is 0.137 e. The van der Waals surface area contributed by atoms with Gasteiger partial charge in [-0.15, -0.1) is 0 Å². The highest BCUT2D eigenvalue weighted by atomic mass is 16.5. The molecule has 0 aliphatic heterocycles. The van der Waals surface area contributed by atoms with E-state index in [9.17, 15) is 0 Å². The molecule has 0 aliphatic rings. The van der Waals surface area contributed by atoms with Crippen molar-refractivity contribution in [2.45, 2.75) is 33.6 Å². The Kier molecular flexibility index (Phi) is 4.73. The first-order chi connectivity index (χ1) is 10.1. The number of pyridine rings is 1. The number of hydrogen-bond acceptors (Lipinski definition) is 5. The van der Waals surface area contributed by atoms with Crippen LogP contribution in [0.25, 0.3) is 11.3 Å². The molecule has 2 aromatic heterocycles. The highest BCUT2D eigenvalue weighted by Gasteiger charge is 2.15. The van der Waals surface area contributed by atoms with Crippen LogP contribution in [-0.2, 0) is 0 Å². The number of rotatable bonds is 5. The van der Waals surface area contributed by atoms with Crippen molar-refractivity contribution >= 4 is 5.82 Å². The third kappa shape index (κ3) is 3.29. The van der Waals surface area contributed by atoms with Crippen molar-refractivity contribution in [2.75, 3.05) is 19.0 Å². The van der Waals surface area contributed by atoms with Gasteiger partial charge in [0.25, 0.3) is 0 Å². The Hall–Kier alpha value is -2.17. The molecule has 0 saturated heterocycles. The molecule has 0 radical (unpaired) electrons. The van der Waals surface area contributed by atoms with E-state index in [0.29, 0.717) is 0 Å². The Morgan fingerprint density at radius 3 is 2.62 bits per heavy atom. The first kappa shape index (κ1) is 15.2. The zero-order valence-electron chi connectivity index (χ0n) is 13.3. The lowest BCUT2D eigenvalue weighted by molar-refractivity contribution is 0.413. The summed E-state index contributed by atoms with van der Waals surface area (Å²) < 4.78 is 5.25. The molecule has 5 heteroatoms. The summed E-state index contributed by atoms with van der Waals surface area (Å²) in [5.74, 6) is 2.70. The van der Waals surface area contributed by atoms with Gasteiger partial charge in [-0.2, -0.15) is 0 Å². The zero-order chi connectivity index (χ0) is 15.4. The van der Waals surface area contributed by atoms with Crippen molar-refractivity contribution in [2.24, 2.45) is 0 Å². The van der Waals surface area contributed by atoms with Crippen molar-refractivity contribution in [3.63, 3.8) is 0 Å². The van der Waals surface area contributed by atoms with Crippen LogP contribution >= 0.6 is 0 Å². The summed E-state index contributed by atoms with van der Waals surface area (Å²) in [5, 5.41) is 3.31. The van der Waals surface area contributed by atoms with Crippen molar-refractivity contribution in [1.29, 1.82) is 0 Å².